The molecule has 0 fully saturated rings. The van der Waals surface area contributed by atoms with Crippen molar-refractivity contribution in [1.82, 2.24) is 10.4 Å². The van der Waals surface area contributed by atoms with Crippen LogP contribution in [0.25, 0.3) is 0 Å². The molecule has 166 valence electrons. The maximum Gasteiger partial charge on any atom is 0.231 e. The number of fused-ring (bicyclic) bond motifs is 1. The summed E-state index contributed by atoms with van der Waals surface area (Å²) in [5.74, 6) is 2.17. The van der Waals surface area contributed by atoms with Gasteiger partial charge >= 0.3 is 0 Å². The van der Waals surface area contributed by atoms with E-state index in [0.29, 0.717) is 5.96 Å². The minimum Gasteiger partial charge on any atom is -0.454 e. The Morgan fingerprint density at radius 1 is 1.03 bits per heavy atom. The first-order valence-corrected chi connectivity index (χ1v) is 12.0. The van der Waals surface area contributed by atoms with Crippen molar-refractivity contribution in [1.29, 1.82) is 0 Å². The van der Waals surface area contributed by atoms with E-state index in [4.69, 9.17) is 19.6 Å². The van der Waals surface area contributed by atoms with Crippen LogP contribution in [0.2, 0.25) is 0 Å². The molecule has 5 rings (SSSR count). The Labute approximate surface area is 195 Å². The molecule has 3 heterocycles. The highest BCUT2D eigenvalue weighted by molar-refractivity contribution is 8.14. The predicted molar refractivity (Wildman–Crippen MR) is 132 cm³/mol. The van der Waals surface area contributed by atoms with E-state index in [-0.39, 0.29) is 17.7 Å². The summed E-state index contributed by atoms with van der Waals surface area (Å²) in [4.78, 5) is 4.93. The van der Waals surface area contributed by atoms with Crippen LogP contribution in [0, 0.1) is 13.8 Å². The van der Waals surface area contributed by atoms with Gasteiger partial charge in [0, 0.05) is 5.69 Å². The SMILES string of the molecule is CC1=NNC(/N=C(\Nc2ccc(C)c(C)c2)N2N=C(C)SC2c2ccc3c(c2)OCO3)S1. The zero-order valence-electron chi connectivity index (χ0n) is 18.2. The highest BCUT2D eigenvalue weighted by atomic mass is 32.2. The molecular weight excluding hydrogens is 444 g/mol. The lowest BCUT2D eigenvalue weighted by molar-refractivity contribution is 0.174. The van der Waals surface area contributed by atoms with E-state index >= 15 is 0 Å². The van der Waals surface area contributed by atoms with E-state index < -0.39 is 0 Å². The second-order valence-electron chi connectivity index (χ2n) is 7.65. The van der Waals surface area contributed by atoms with E-state index in [9.17, 15) is 0 Å². The summed E-state index contributed by atoms with van der Waals surface area (Å²) in [5, 5.41) is 16.3. The number of rotatable bonds is 3. The second kappa shape index (κ2) is 8.59. The quantitative estimate of drug-likeness (QED) is 0.493. The molecule has 3 aliphatic heterocycles. The number of benzene rings is 2. The molecule has 0 spiro atoms. The standard InChI is InChI=1S/C22H24N6O2S2/c1-12-5-7-17(9-13(12)2)23-21(24-22-26-25-14(3)32-22)28-20(31-15(4)27-28)16-6-8-18-19(10-16)30-11-29-18/h5-10,20,22,26H,11H2,1-4H3,(H,23,24). The summed E-state index contributed by atoms with van der Waals surface area (Å²) in [6, 6.07) is 12.3. The average molecular weight is 469 g/mol. The lowest BCUT2D eigenvalue weighted by Gasteiger charge is -2.26. The third-order valence-corrected chi connectivity index (χ3v) is 7.25. The number of aryl methyl sites for hydroxylation is 2. The van der Waals surface area contributed by atoms with E-state index in [1.807, 2.05) is 31.0 Å². The minimum atomic E-state index is -0.220. The van der Waals surface area contributed by atoms with Gasteiger partial charge in [0.1, 0.15) is 5.37 Å². The molecule has 2 aromatic carbocycles. The van der Waals surface area contributed by atoms with Gasteiger partial charge in [0.15, 0.2) is 17.0 Å². The molecule has 32 heavy (non-hydrogen) atoms. The molecule has 2 aromatic rings. The number of hydrazone groups is 2. The minimum absolute atomic E-state index is 0.0873. The Morgan fingerprint density at radius 3 is 2.66 bits per heavy atom. The van der Waals surface area contributed by atoms with Gasteiger partial charge in [-0.2, -0.15) is 10.2 Å². The molecule has 2 N–H and O–H groups in total. The maximum atomic E-state index is 5.60. The van der Waals surface area contributed by atoms with Crippen LogP contribution in [0.15, 0.2) is 51.6 Å². The van der Waals surface area contributed by atoms with Crippen molar-refractivity contribution in [2.75, 3.05) is 12.1 Å². The van der Waals surface area contributed by atoms with Gasteiger partial charge in [0.05, 0.1) is 10.1 Å². The number of nitrogens with zero attached hydrogens (tertiary/aromatic N) is 4. The molecular formula is C22H24N6O2S2. The van der Waals surface area contributed by atoms with Crippen LogP contribution in [-0.4, -0.2) is 33.3 Å². The van der Waals surface area contributed by atoms with Gasteiger partial charge in [-0.1, -0.05) is 35.7 Å². The average Bonchev–Trinajstić information content (AvgIpc) is 3.49. The molecule has 0 amide bonds. The van der Waals surface area contributed by atoms with E-state index in [1.165, 1.54) is 11.1 Å². The molecule has 0 aliphatic carbocycles. The largest absolute Gasteiger partial charge is 0.454 e. The third-order valence-electron chi connectivity index (χ3n) is 5.27. The Bertz CT molecular complexity index is 1150. The van der Waals surface area contributed by atoms with Crippen molar-refractivity contribution in [2.45, 2.75) is 38.6 Å². The molecule has 0 radical (unpaired) electrons. The van der Waals surface area contributed by atoms with Gasteiger partial charge in [-0.15, -0.1) is 0 Å². The number of aliphatic imine (C=N–C) groups is 1. The van der Waals surface area contributed by atoms with Gasteiger partial charge < -0.3 is 14.8 Å². The monoisotopic (exact) mass is 468 g/mol. The molecule has 0 aromatic heterocycles. The third kappa shape index (κ3) is 4.24. The molecule has 3 aliphatic rings. The number of nitrogens with one attached hydrogen (secondary N) is 2. The van der Waals surface area contributed by atoms with Crippen LogP contribution >= 0.6 is 23.5 Å². The van der Waals surface area contributed by atoms with E-state index in [0.717, 1.165) is 32.8 Å². The Hall–Kier alpha value is -2.85. The molecule has 10 heteroatoms. The Balaban J connectivity index is 1.49. The fourth-order valence-electron chi connectivity index (χ4n) is 3.50. The first kappa shape index (κ1) is 21.0. The van der Waals surface area contributed by atoms with Crippen molar-refractivity contribution in [2.24, 2.45) is 15.2 Å². The number of hydrogen-bond donors (Lipinski definition) is 2. The molecule has 8 nitrogen and oxygen atoms in total. The van der Waals surface area contributed by atoms with Crippen LogP contribution in [0.5, 0.6) is 11.5 Å². The maximum absolute atomic E-state index is 5.60. The summed E-state index contributed by atoms with van der Waals surface area (Å²) in [7, 11) is 0. The van der Waals surface area contributed by atoms with Crippen LogP contribution in [0.3, 0.4) is 0 Å². The number of hydrogen-bond acceptors (Lipinski definition) is 8. The van der Waals surface area contributed by atoms with Gasteiger partial charge in [0.2, 0.25) is 12.8 Å². The van der Waals surface area contributed by atoms with Gasteiger partial charge in [-0.3, -0.25) is 5.43 Å². The lowest BCUT2D eigenvalue weighted by atomic mass is 10.1. The van der Waals surface area contributed by atoms with Crippen LogP contribution in [0.4, 0.5) is 5.69 Å². The van der Waals surface area contributed by atoms with Gasteiger partial charge in [0.25, 0.3) is 0 Å². The molecule has 0 saturated carbocycles. The van der Waals surface area contributed by atoms with E-state index in [2.05, 4.69) is 54.0 Å². The van der Waals surface area contributed by atoms with Crippen LogP contribution < -0.4 is 20.2 Å². The zero-order valence-corrected chi connectivity index (χ0v) is 19.9. The fourth-order valence-corrected chi connectivity index (χ4v) is 5.17. The van der Waals surface area contributed by atoms with Crippen molar-refractivity contribution >= 4 is 45.3 Å². The predicted octanol–water partition coefficient (Wildman–Crippen LogP) is 4.83. The van der Waals surface area contributed by atoms with Crippen LogP contribution in [-0.2, 0) is 0 Å². The lowest BCUT2D eigenvalue weighted by Crippen LogP contribution is -2.34. The number of thioether (sulfide) groups is 2. The topological polar surface area (TPSA) is 82.8 Å². The molecule has 0 bridgehead atoms. The molecule has 2 unspecified atom stereocenters. The number of guanidine groups is 1. The number of ether oxygens (including phenoxy) is 2. The zero-order chi connectivity index (χ0) is 22.2. The van der Waals surface area contributed by atoms with Crippen molar-refractivity contribution < 1.29 is 9.47 Å². The van der Waals surface area contributed by atoms with Crippen molar-refractivity contribution in [3.63, 3.8) is 0 Å². The summed E-state index contributed by atoms with van der Waals surface area (Å²) >= 11 is 3.25. The van der Waals surface area contributed by atoms with Crippen LogP contribution in [0.1, 0.15) is 35.9 Å². The summed E-state index contributed by atoms with van der Waals surface area (Å²) in [6.07, 6.45) is 0. The first-order valence-electron chi connectivity index (χ1n) is 10.3. The normalized spacial score (nSPS) is 22.0. The van der Waals surface area contributed by atoms with Crippen molar-refractivity contribution in [3.8, 4) is 11.5 Å². The Kier molecular flexibility index (Phi) is 5.64. The highest BCUT2D eigenvalue weighted by Gasteiger charge is 2.33. The summed E-state index contributed by atoms with van der Waals surface area (Å²) < 4.78 is 11.1. The smallest absolute Gasteiger partial charge is 0.231 e. The van der Waals surface area contributed by atoms with Crippen molar-refractivity contribution in [3.05, 3.63) is 53.1 Å². The highest BCUT2D eigenvalue weighted by Crippen LogP contribution is 2.43. The summed E-state index contributed by atoms with van der Waals surface area (Å²) in [5.41, 5.74) is 7.33. The summed E-state index contributed by atoms with van der Waals surface area (Å²) in [6.45, 7) is 8.43. The van der Waals surface area contributed by atoms with Gasteiger partial charge in [-0.25, -0.2) is 10.0 Å². The second-order valence-corrected chi connectivity index (χ2v) is 10.2. The fraction of sp³-hybridized carbons (Fsp3) is 0.318. The molecule has 2 atom stereocenters. The molecule has 0 saturated heterocycles. The van der Waals surface area contributed by atoms with Gasteiger partial charge in [-0.05, 0) is 68.7 Å². The first-order chi connectivity index (χ1) is 15.5. The van der Waals surface area contributed by atoms with E-state index in [1.54, 1.807) is 23.5 Å². The Morgan fingerprint density at radius 2 is 1.88 bits per heavy atom. The number of anilines is 1.